The Bertz CT molecular complexity index is 1230. The number of nitrogens with zero attached hydrogens (tertiary/aromatic N) is 1. The van der Waals surface area contributed by atoms with E-state index in [1.54, 1.807) is 0 Å². The second-order valence-corrected chi connectivity index (χ2v) is 8.84. The molecule has 8 heteroatoms. The molecule has 2 amide bonds. The molecular weight excluding hydrogens is 446 g/mol. The van der Waals surface area contributed by atoms with Crippen molar-refractivity contribution in [1.82, 2.24) is 10.3 Å². The molecule has 3 N–H and O–H groups in total. The number of nitrogens with one attached hydrogen (secondary N) is 2. The SMILES string of the molecule is O=C(N[C@H]1CCC[C@H]1C(=O)Nc1ccc(C(=O)O)nc1)OCC1c2ccccc2-c2ccccc21. The van der Waals surface area contributed by atoms with Crippen molar-refractivity contribution in [3.05, 3.63) is 83.7 Å². The Kier molecular flexibility index (Phi) is 6.18. The Morgan fingerprint density at radius 3 is 2.26 bits per heavy atom. The maximum Gasteiger partial charge on any atom is 0.407 e. The maximum absolute atomic E-state index is 12.8. The molecular formula is C27H25N3O5. The summed E-state index contributed by atoms with van der Waals surface area (Å²) in [4.78, 5) is 40.3. The average Bonchev–Trinajstić information content (AvgIpc) is 3.45. The Hall–Kier alpha value is -4.20. The molecule has 1 saturated carbocycles. The summed E-state index contributed by atoms with van der Waals surface area (Å²) in [6.45, 7) is 0.213. The first-order valence-corrected chi connectivity index (χ1v) is 11.6. The van der Waals surface area contributed by atoms with Crippen LogP contribution in [0.1, 0.15) is 46.8 Å². The minimum absolute atomic E-state index is 0.0305. The van der Waals surface area contributed by atoms with Crippen LogP contribution in [-0.4, -0.2) is 40.7 Å². The number of carbonyl (C=O) groups excluding carboxylic acids is 2. The van der Waals surface area contributed by atoms with Crippen LogP contribution in [0.4, 0.5) is 10.5 Å². The van der Waals surface area contributed by atoms with Gasteiger partial charge < -0.3 is 20.5 Å². The largest absolute Gasteiger partial charge is 0.477 e. The van der Waals surface area contributed by atoms with Crippen molar-refractivity contribution < 1.29 is 24.2 Å². The zero-order chi connectivity index (χ0) is 24.4. The van der Waals surface area contributed by atoms with E-state index in [4.69, 9.17) is 9.84 Å². The van der Waals surface area contributed by atoms with Gasteiger partial charge in [0.2, 0.25) is 5.91 Å². The number of amides is 2. The van der Waals surface area contributed by atoms with E-state index in [2.05, 4.69) is 39.9 Å². The molecule has 1 aromatic heterocycles. The van der Waals surface area contributed by atoms with Crippen LogP contribution in [0, 0.1) is 5.92 Å². The fourth-order valence-electron chi connectivity index (χ4n) is 5.07. The van der Waals surface area contributed by atoms with Crippen molar-refractivity contribution in [3.63, 3.8) is 0 Å². The summed E-state index contributed by atoms with van der Waals surface area (Å²) >= 11 is 0. The summed E-state index contributed by atoms with van der Waals surface area (Å²) in [6, 6.07) is 18.8. The highest BCUT2D eigenvalue weighted by molar-refractivity contribution is 5.94. The second-order valence-electron chi connectivity index (χ2n) is 8.84. The molecule has 35 heavy (non-hydrogen) atoms. The van der Waals surface area contributed by atoms with Gasteiger partial charge in [-0.05, 0) is 47.2 Å². The van der Waals surface area contributed by atoms with Crippen molar-refractivity contribution >= 4 is 23.7 Å². The molecule has 0 aliphatic heterocycles. The molecule has 1 heterocycles. The van der Waals surface area contributed by atoms with Gasteiger partial charge >= 0.3 is 12.1 Å². The quantitative estimate of drug-likeness (QED) is 0.490. The molecule has 2 atom stereocenters. The number of alkyl carbamates (subject to hydrolysis) is 1. The van der Waals surface area contributed by atoms with Gasteiger partial charge in [0.1, 0.15) is 12.3 Å². The first-order valence-electron chi connectivity index (χ1n) is 11.6. The Labute approximate surface area is 202 Å². The Morgan fingerprint density at radius 1 is 0.943 bits per heavy atom. The number of aromatic carboxylic acids is 1. The van der Waals surface area contributed by atoms with Crippen molar-refractivity contribution in [2.75, 3.05) is 11.9 Å². The van der Waals surface area contributed by atoms with Gasteiger partial charge in [0.15, 0.2) is 0 Å². The number of carbonyl (C=O) groups is 3. The lowest BCUT2D eigenvalue weighted by Crippen LogP contribution is -2.42. The van der Waals surface area contributed by atoms with Crippen LogP contribution >= 0.6 is 0 Å². The molecule has 2 aliphatic carbocycles. The third-order valence-corrected chi connectivity index (χ3v) is 6.75. The van der Waals surface area contributed by atoms with Gasteiger partial charge in [0.05, 0.1) is 17.8 Å². The van der Waals surface area contributed by atoms with Crippen LogP contribution in [0.25, 0.3) is 11.1 Å². The van der Waals surface area contributed by atoms with E-state index >= 15 is 0 Å². The first-order chi connectivity index (χ1) is 17.0. The van der Waals surface area contributed by atoms with Crippen LogP contribution in [-0.2, 0) is 9.53 Å². The predicted octanol–water partition coefficient (Wildman–Crippen LogP) is 4.43. The monoisotopic (exact) mass is 471 g/mol. The number of carboxylic acids is 1. The predicted molar refractivity (Wildman–Crippen MR) is 129 cm³/mol. The number of fused-ring (bicyclic) bond motifs is 3. The van der Waals surface area contributed by atoms with Crippen molar-refractivity contribution in [2.45, 2.75) is 31.2 Å². The number of hydrogen-bond donors (Lipinski definition) is 3. The Morgan fingerprint density at radius 2 is 1.63 bits per heavy atom. The topological polar surface area (TPSA) is 118 Å². The van der Waals surface area contributed by atoms with Crippen molar-refractivity contribution in [3.8, 4) is 11.1 Å². The number of hydrogen-bond acceptors (Lipinski definition) is 5. The summed E-state index contributed by atoms with van der Waals surface area (Å²) in [6.07, 6.45) is 2.90. The molecule has 0 spiro atoms. The average molecular weight is 472 g/mol. The van der Waals surface area contributed by atoms with Crippen LogP contribution in [0.5, 0.6) is 0 Å². The Balaban J connectivity index is 1.19. The van der Waals surface area contributed by atoms with E-state index in [1.165, 1.54) is 18.3 Å². The molecule has 2 aliphatic rings. The molecule has 0 radical (unpaired) electrons. The van der Waals surface area contributed by atoms with E-state index < -0.39 is 18.0 Å². The molecule has 2 aromatic carbocycles. The van der Waals surface area contributed by atoms with Crippen molar-refractivity contribution in [2.24, 2.45) is 5.92 Å². The van der Waals surface area contributed by atoms with Crippen LogP contribution in [0.15, 0.2) is 66.9 Å². The van der Waals surface area contributed by atoms with Crippen molar-refractivity contribution in [1.29, 1.82) is 0 Å². The number of aromatic nitrogens is 1. The molecule has 3 aromatic rings. The molecule has 5 rings (SSSR count). The standard InChI is InChI=1S/C27H25N3O5/c31-25(29-16-12-13-24(26(32)33)28-14-16)21-10-5-11-23(21)30-27(34)35-15-22-19-8-3-1-6-17(19)18-7-2-4-9-20(18)22/h1-4,6-9,12-14,21-23H,5,10-11,15H2,(H,29,31)(H,30,34)(H,32,33)/t21-,23+/m1/s1. The number of carboxylic acid groups (broad SMARTS) is 1. The highest BCUT2D eigenvalue weighted by Gasteiger charge is 2.35. The van der Waals surface area contributed by atoms with Gasteiger partial charge in [-0.25, -0.2) is 14.6 Å². The lowest BCUT2D eigenvalue weighted by atomic mass is 9.98. The number of pyridine rings is 1. The molecule has 0 unspecified atom stereocenters. The zero-order valence-electron chi connectivity index (χ0n) is 18.9. The first kappa shape index (κ1) is 22.6. The fourth-order valence-corrected chi connectivity index (χ4v) is 5.07. The van der Waals surface area contributed by atoms with Gasteiger partial charge in [-0.3, -0.25) is 4.79 Å². The van der Waals surface area contributed by atoms with Gasteiger partial charge in [-0.2, -0.15) is 0 Å². The fraction of sp³-hybridized carbons (Fsp3) is 0.259. The summed E-state index contributed by atoms with van der Waals surface area (Å²) in [5, 5.41) is 14.6. The van der Waals surface area contributed by atoms with Crippen LogP contribution in [0.3, 0.4) is 0 Å². The van der Waals surface area contributed by atoms with E-state index in [-0.39, 0.29) is 30.2 Å². The lowest BCUT2D eigenvalue weighted by Gasteiger charge is -2.21. The summed E-state index contributed by atoms with van der Waals surface area (Å²) in [7, 11) is 0. The molecule has 1 fully saturated rings. The zero-order valence-corrected chi connectivity index (χ0v) is 18.9. The van der Waals surface area contributed by atoms with Gasteiger partial charge in [-0.15, -0.1) is 0 Å². The molecule has 0 bridgehead atoms. The van der Waals surface area contributed by atoms with Crippen LogP contribution in [0.2, 0.25) is 0 Å². The number of rotatable bonds is 6. The summed E-state index contributed by atoms with van der Waals surface area (Å²) < 4.78 is 5.64. The van der Waals surface area contributed by atoms with Gasteiger partial charge in [0, 0.05) is 12.0 Å². The molecule has 8 nitrogen and oxygen atoms in total. The van der Waals surface area contributed by atoms with Gasteiger partial charge in [0.25, 0.3) is 0 Å². The minimum atomic E-state index is -1.13. The highest BCUT2D eigenvalue weighted by atomic mass is 16.5. The molecule has 0 saturated heterocycles. The second kappa shape index (κ2) is 9.58. The maximum atomic E-state index is 12.8. The lowest BCUT2D eigenvalue weighted by molar-refractivity contribution is -0.120. The number of benzene rings is 2. The molecule has 178 valence electrons. The van der Waals surface area contributed by atoms with Gasteiger partial charge in [-0.1, -0.05) is 55.0 Å². The van der Waals surface area contributed by atoms with E-state index in [0.29, 0.717) is 18.5 Å². The van der Waals surface area contributed by atoms with E-state index in [1.807, 2.05) is 24.3 Å². The summed E-state index contributed by atoms with van der Waals surface area (Å²) in [5.41, 5.74) is 4.92. The van der Waals surface area contributed by atoms with E-state index in [0.717, 1.165) is 28.7 Å². The normalized spacial score (nSPS) is 18.4. The third kappa shape index (κ3) is 4.59. The number of anilines is 1. The minimum Gasteiger partial charge on any atom is -0.477 e. The van der Waals surface area contributed by atoms with Crippen LogP contribution < -0.4 is 10.6 Å². The van der Waals surface area contributed by atoms with E-state index in [9.17, 15) is 14.4 Å². The third-order valence-electron chi connectivity index (χ3n) is 6.75. The highest BCUT2D eigenvalue weighted by Crippen LogP contribution is 2.44. The smallest absolute Gasteiger partial charge is 0.407 e. The summed E-state index contributed by atoms with van der Waals surface area (Å²) in [5.74, 6) is -1.81. The number of ether oxygens (including phenoxy) is 1.